The molecule has 1 heterocycles. The Balaban J connectivity index is 1.80. The van der Waals surface area contributed by atoms with Crippen LogP contribution >= 0.6 is 15.9 Å². The third kappa shape index (κ3) is 4.62. The summed E-state index contributed by atoms with van der Waals surface area (Å²) in [5, 5.41) is 7.49. The molecule has 0 atom stereocenters. The number of carbonyl (C=O) groups is 1. The highest BCUT2D eigenvalue weighted by molar-refractivity contribution is 9.10. The number of aryl methyl sites for hydroxylation is 2. The van der Waals surface area contributed by atoms with Crippen molar-refractivity contribution in [2.45, 2.75) is 26.7 Å². The van der Waals surface area contributed by atoms with Crippen LogP contribution in [0.3, 0.4) is 0 Å². The van der Waals surface area contributed by atoms with Gasteiger partial charge in [0.2, 0.25) is 0 Å². The van der Waals surface area contributed by atoms with Gasteiger partial charge in [0.1, 0.15) is 11.6 Å². The SMILES string of the molecule is CCCCOc1ccc(C(=O)Nc2c(-c3ccc(Br)cc3)c(C)nn2C)cc1. The molecule has 146 valence electrons. The highest BCUT2D eigenvalue weighted by Gasteiger charge is 2.18. The molecule has 0 aliphatic carbocycles. The van der Waals surface area contributed by atoms with Gasteiger partial charge in [0.25, 0.3) is 5.91 Å². The molecule has 2 aromatic carbocycles. The van der Waals surface area contributed by atoms with Gasteiger partial charge in [0, 0.05) is 22.6 Å². The van der Waals surface area contributed by atoms with Gasteiger partial charge in [0.15, 0.2) is 0 Å². The quantitative estimate of drug-likeness (QED) is 0.486. The number of benzene rings is 2. The maximum Gasteiger partial charge on any atom is 0.256 e. The van der Waals surface area contributed by atoms with Crippen LogP contribution in [0.2, 0.25) is 0 Å². The van der Waals surface area contributed by atoms with Crippen molar-refractivity contribution in [2.24, 2.45) is 7.05 Å². The van der Waals surface area contributed by atoms with Gasteiger partial charge in [-0.15, -0.1) is 0 Å². The number of halogens is 1. The van der Waals surface area contributed by atoms with Gasteiger partial charge in [-0.2, -0.15) is 5.10 Å². The molecule has 6 heteroatoms. The fourth-order valence-electron chi connectivity index (χ4n) is 2.98. The van der Waals surface area contributed by atoms with Crippen molar-refractivity contribution in [1.82, 2.24) is 9.78 Å². The lowest BCUT2D eigenvalue weighted by molar-refractivity contribution is 0.102. The average Bonchev–Trinajstić information content (AvgIpc) is 2.96. The van der Waals surface area contributed by atoms with E-state index in [1.807, 2.05) is 50.4 Å². The zero-order valence-corrected chi connectivity index (χ0v) is 17.9. The fourth-order valence-corrected chi connectivity index (χ4v) is 3.24. The Morgan fingerprint density at radius 3 is 2.46 bits per heavy atom. The molecule has 0 fully saturated rings. The normalized spacial score (nSPS) is 10.7. The predicted molar refractivity (Wildman–Crippen MR) is 116 cm³/mol. The van der Waals surface area contributed by atoms with E-state index < -0.39 is 0 Å². The Hall–Kier alpha value is -2.60. The summed E-state index contributed by atoms with van der Waals surface area (Å²) >= 11 is 3.46. The second-order valence-corrected chi connectivity index (χ2v) is 7.54. The van der Waals surface area contributed by atoms with Crippen molar-refractivity contribution in [3.05, 3.63) is 64.3 Å². The molecule has 0 aliphatic rings. The van der Waals surface area contributed by atoms with E-state index in [0.29, 0.717) is 18.0 Å². The van der Waals surface area contributed by atoms with Gasteiger partial charge >= 0.3 is 0 Å². The lowest BCUT2D eigenvalue weighted by Crippen LogP contribution is -2.15. The monoisotopic (exact) mass is 441 g/mol. The van der Waals surface area contributed by atoms with E-state index >= 15 is 0 Å². The molecular formula is C22H24BrN3O2. The Morgan fingerprint density at radius 2 is 1.82 bits per heavy atom. The van der Waals surface area contributed by atoms with Crippen LogP contribution in [0.5, 0.6) is 5.75 Å². The van der Waals surface area contributed by atoms with Gasteiger partial charge in [-0.25, -0.2) is 0 Å². The Labute approximate surface area is 173 Å². The molecule has 0 aliphatic heterocycles. The number of amides is 1. The largest absolute Gasteiger partial charge is 0.494 e. The van der Waals surface area contributed by atoms with E-state index in [9.17, 15) is 4.79 Å². The Kier molecular flexibility index (Phi) is 6.52. The maximum atomic E-state index is 12.8. The summed E-state index contributed by atoms with van der Waals surface area (Å²) in [6, 6.07) is 15.2. The van der Waals surface area contributed by atoms with Gasteiger partial charge in [0.05, 0.1) is 12.3 Å². The lowest BCUT2D eigenvalue weighted by atomic mass is 10.1. The van der Waals surface area contributed by atoms with Crippen molar-refractivity contribution < 1.29 is 9.53 Å². The molecule has 1 aromatic heterocycles. The first-order valence-electron chi connectivity index (χ1n) is 9.33. The van der Waals surface area contributed by atoms with Crippen LogP contribution in [0.1, 0.15) is 35.8 Å². The van der Waals surface area contributed by atoms with E-state index in [0.717, 1.165) is 39.9 Å². The van der Waals surface area contributed by atoms with Crippen LogP contribution in [-0.2, 0) is 7.05 Å². The van der Waals surface area contributed by atoms with Crippen molar-refractivity contribution >= 4 is 27.7 Å². The number of aromatic nitrogens is 2. The van der Waals surface area contributed by atoms with E-state index in [1.54, 1.807) is 16.8 Å². The van der Waals surface area contributed by atoms with Crippen molar-refractivity contribution in [3.8, 4) is 16.9 Å². The molecule has 5 nitrogen and oxygen atoms in total. The second kappa shape index (κ2) is 9.06. The predicted octanol–water partition coefficient (Wildman–Crippen LogP) is 5.59. The molecule has 3 rings (SSSR count). The number of anilines is 1. The number of hydrogen-bond donors (Lipinski definition) is 1. The molecule has 1 amide bonds. The third-order valence-corrected chi connectivity index (χ3v) is 5.00. The summed E-state index contributed by atoms with van der Waals surface area (Å²) in [4.78, 5) is 12.8. The van der Waals surface area contributed by atoms with Crippen LogP contribution in [0.25, 0.3) is 11.1 Å². The van der Waals surface area contributed by atoms with Crippen LogP contribution < -0.4 is 10.1 Å². The van der Waals surface area contributed by atoms with E-state index in [1.165, 1.54) is 0 Å². The van der Waals surface area contributed by atoms with Gasteiger partial charge in [-0.05, 0) is 55.3 Å². The zero-order valence-electron chi connectivity index (χ0n) is 16.3. The first-order chi connectivity index (χ1) is 13.5. The van der Waals surface area contributed by atoms with Crippen LogP contribution in [0, 0.1) is 6.92 Å². The molecule has 1 N–H and O–H groups in total. The number of nitrogens with one attached hydrogen (secondary N) is 1. The number of nitrogens with zero attached hydrogens (tertiary/aromatic N) is 2. The summed E-state index contributed by atoms with van der Waals surface area (Å²) in [6.45, 7) is 4.75. The number of rotatable bonds is 7. The fraction of sp³-hybridized carbons (Fsp3) is 0.273. The minimum Gasteiger partial charge on any atom is -0.494 e. The first kappa shape index (κ1) is 20.1. The van der Waals surface area contributed by atoms with Crippen LogP contribution in [0.15, 0.2) is 53.0 Å². The molecular weight excluding hydrogens is 418 g/mol. The van der Waals surface area contributed by atoms with Crippen molar-refractivity contribution in [1.29, 1.82) is 0 Å². The maximum absolute atomic E-state index is 12.8. The van der Waals surface area contributed by atoms with Crippen molar-refractivity contribution in [2.75, 3.05) is 11.9 Å². The van der Waals surface area contributed by atoms with Gasteiger partial charge in [-0.1, -0.05) is 41.4 Å². The number of ether oxygens (including phenoxy) is 1. The molecule has 28 heavy (non-hydrogen) atoms. The summed E-state index contributed by atoms with van der Waals surface area (Å²) in [5.74, 6) is 1.27. The molecule has 0 saturated heterocycles. The highest BCUT2D eigenvalue weighted by atomic mass is 79.9. The topological polar surface area (TPSA) is 56.1 Å². The number of carbonyl (C=O) groups excluding carboxylic acids is 1. The first-order valence-corrected chi connectivity index (χ1v) is 10.1. The van der Waals surface area contributed by atoms with Gasteiger partial charge in [-0.3, -0.25) is 9.48 Å². The summed E-state index contributed by atoms with van der Waals surface area (Å²) in [7, 11) is 1.83. The average molecular weight is 442 g/mol. The van der Waals surface area contributed by atoms with Crippen LogP contribution in [-0.4, -0.2) is 22.3 Å². The second-order valence-electron chi connectivity index (χ2n) is 6.62. The number of unbranched alkanes of at least 4 members (excludes halogenated alkanes) is 1. The summed E-state index contributed by atoms with van der Waals surface area (Å²) < 4.78 is 8.36. The molecule has 0 spiro atoms. The Bertz CT molecular complexity index is 947. The van der Waals surface area contributed by atoms with E-state index in [4.69, 9.17) is 4.74 Å². The molecule has 0 bridgehead atoms. The summed E-state index contributed by atoms with van der Waals surface area (Å²) in [5.41, 5.74) is 3.36. The Morgan fingerprint density at radius 1 is 1.14 bits per heavy atom. The van der Waals surface area contributed by atoms with Gasteiger partial charge < -0.3 is 10.1 Å². The molecule has 3 aromatic rings. The summed E-state index contributed by atoms with van der Waals surface area (Å²) in [6.07, 6.45) is 2.10. The van der Waals surface area contributed by atoms with E-state index in [-0.39, 0.29) is 5.91 Å². The third-order valence-electron chi connectivity index (χ3n) is 4.47. The minimum atomic E-state index is -0.179. The van der Waals surface area contributed by atoms with Crippen LogP contribution in [0.4, 0.5) is 5.82 Å². The number of hydrogen-bond acceptors (Lipinski definition) is 3. The highest BCUT2D eigenvalue weighted by Crippen LogP contribution is 2.32. The standard InChI is InChI=1S/C22H24BrN3O2/c1-4-5-14-28-19-12-8-17(9-13-19)22(27)24-21-20(15(2)25-26(21)3)16-6-10-18(23)11-7-16/h6-13H,4-5,14H2,1-3H3,(H,24,27). The smallest absolute Gasteiger partial charge is 0.256 e. The molecule has 0 saturated carbocycles. The zero-order chi connectivity index (χ0) is 20.1. The lowest BCUT2D eigenvalue weighted by Gasteiger charge is -2.10. The molecule has 0 unspecified atom stereocenters. The molecule has 0 radical (unpaired) electrons. The van der Waals surface area contributed by atoms with Crippen molar-refractivity contribution in [3.63, 3.8) is 0 Å². The minimum absolute atomic E-state index is 0.179. The van der Waals surface area contributed by atoms with E-state index in [2.05, 4.69) is 33.3 Å².